The fraction of sp³-hybridized carbons (Fsp3) is 0.233. The second kappa shape index (κ2) is 8.47. The van der Waals surface area contributed by atoms with Crippen molar-refractivity contribution in [3.63, 3.8) is 0 Å². The molecule has 2 nitrogen and oxygen atoms in total. The molecular weight excluding hydrogens is 409 g/mol. The van der Waals surface area contributed by atoms with Crippen LogP contribution in [0.2, 0.25) is 0 Å². The minimum Gasteiger partial charge on any atom is -0.455 e. The van der Waals surface area contributed by atoms with Crippen LogP contribution >= 0.6 is 0 Å². The molecule has 164 valence electrons. The van der Waals surface area contributed by atoms with Crippen molar-refractivity contribution in [3.05, 3.63) is 90.4 Å². The van der Waals surface area contributed by atoms with Crippen molar-refractivity contribution in [2.75, 3.05) is 0 Å². The zero-order valence-electron chi connectivity index (χ0n) is 18.6. The van der Waals surface area contributed by atoms with Crippen molar-refractivity contribution in [2.45, 2.75) is 38.5 Å². The van der Waals surface area contributed by atoms with Crippen molar-refractivity contribution in [1.82, 2.24) is 4.98 Å². The molecule has 1 saturated carbocycles. The number of fused-ring (bicyclic) bond motifs is 3. The molecule has 2 aromatic heterocycles. The van der Waals surface area contributed by atoms with Gasteiger partial charge < -0.3 is 4.42 Å². The number of furan rings is 1. The van der Waals surface area contributed by atoms with Gasteiger partial charge in [-0.25, -0.2) is 4.39 Å². The second-order valence-electron chi connectivity index (χ2n) is 9.24. The molecule has 0 N–H and O–H groups in total. The van der Waals surface area contributed by atoms with Gasteiger partial charge in [0.15, 0.2) is 0 Å². The number of rotatable bonds is 4. The zero-order chi connectivity index (χ0) is 22.2. The largest absolute Gasteiger partial charge is 0.455 e. The molecule has 5 aromatic rings. The molecule has 2 heterocycles. The number of halogens is 1. The average molecular weight is 436 g/mol. The average Bonchev–Trinajstić information content (AvgIpc) is 3.25. The van der Waals surface area contributed by atoms with E-state index in [0.29, 0.717) is 16.6 Å². The molecule has 0 radical (unpaired) electrons. The van der Waals surface area contributed by atoms with Crippen LogP contribution in [0.5, 0.6) is 0 Å². The van der Waals surface area contributed by atoms with Crippen LogP contribution in [0.4, 0.5) is 4.39 Å². The van der Waals surface area contributed by atoms with Gasteiger partial charge in [0.2, 0.25) is 0 Å². The predicted molar refractivity (Wildman–Crippen MR) is 133 cm³/mol. The number of hydrogen-bond acceptors (Lipinski definition) is 2. The van der Waals surface area contributed by atoms with Gasteiger partial charge in [0, 0.05) is 17.1 Å². The van der Waals surface area contributed by atoms with Crippen LogP contribution in [0, 0.1) is 11.7 Å². The van der Waals surface area contributed by atoms with E-state index in [1.165, 1.54) is 43.7 Å². The van der Waals surface area contributed by atoms with Gasteiger partial charge in [-0.3, -0.25) is 4.98 Å². The number of aromatic nitrogens is 1. The first-order chi connectivity index (χ1) is 16.3. The highest BCUT2D eigenvalue weighted by Gasteiger charge is 2.19. The highest BCUT2D eigenvalue weighted by atomic mass is 19.1. The molecule has 0 amide bonds. The first kappa shape index (κ1) is 20.2. The van der Waals surface area contributed by atoms with Crippen molar-refractivity contribution in [1.29, 1.82) is 0 Å². The quantitative estimate of drug-likeness (QED) is 0.282. The minimum atomic E-state index is -0.265. The van der Waals surface area contributed by atoms with Gasteiger partial charge in [-0.05, 0) is 65.4 Å². The fourth-order valence-electron chi connectivity index (χ4n) is 5.32. The molecule has 1 fully saturated rings. The summed E-state index contributed by atoms with van der Waals surface area (Å²) in [6, 6.07) is 23.8. The fourth-order valence-corrected chi connectivity index (χ4v) is 5.32. The Hall–Kier alpha value is -3.46. The molecule has 0 aliphatic heterocycles. The summed E-state index contributed by atoms with van der Waals surface area (Å²) in [4.78, 5) is 4.64. The summed E-state index contributed by atoms with van der Waals surface area (Å²) in [5, 5.41) is 1.32. The SMILES string of the molecule is Fc1ccc(-c2cc(CC3CCCCC3)ccn2)c2oc3cc(-c4ccccc4)ccc3c12. The number of hydrogen-bond donors (Lipinski definition) is 0. The number of nitrogens with zero attached hydrogens (tertiary/aromatic N) is 1. The van der Waals surface area contributed by atoms with Crippen LogP contribution in [0.1, 0.15) is 37.7 Å². The Kier molecular flexibility index (Phi) is 5.18. The van der Waals surface area contributed by atoms with E-state index in [2.05, 4.69) is 29.2 Å². The van der Waals surface area contributed by atoms with E-state index in [-0.39, 0.29) is 5.82 Å². The van der Waals surface area contributed by atoms with Gasteiger partial charge in [0.25, 0.3) is 0 Å². The summed E-state index contributed by atoms with van der Waals surface area (Å²) in [7, 11) is 0. The molecule has 0 unspecified atom stereocenters. The smallest absolute Gasteiger partial charge is 0.147 e. The molecule has 0 atom stereocenters. The first-order valence-corrected chi connectivity index (χ1v) is 11.9. The van der Waals surface area contributed by atoms with E-state index in [0.717, 1.165) is 40.1 Å². The zero-order valence-corrected chi connectivity index (χ0v) is 18.6. The molecule has 6 rings (SSSR count). The molecule has 0 spiro atoms. The molecule has 1 aliphatic carbocycles. The third-order valence-electron chi connectivity index (χ3n) is 7.03. The van der Waals surface area contributed by atoms with Crippen LogP contribution in [-0.4, -0.2) is 4.98 Å². The molecular formula is C30H26FNO. The van der Waals surface area contributed by atoms with Crippen molar-refractivity contribution in [2.24, 2.45) is 5.92 Å². The van der Waals surface area contributed by atoms with Crippen LogP contribution in [0.15, 0.2) is 83.4 Å². The van der Waals surface area contributed by atoms with E-state index < -0.39 is 0 Å². The topological polar surface area (TPSA) is 26.0 Å². The summed E-state index contributed by atoms with van der Waals surface area (Å²) >= 11 is 0. The van der Waals surface area contributed by atoms with E-state index in [1.54, 1.807) is 6.07 Å². The Balaban J connectivity index is 1.44. The summed E-state index contributed by atoms with van der Waals surface area (Å²) in [5.41, 5.74) is 6.40. The van der Waals surface area contributed by atoms with Crippen LogP contribution < -0.4 is 0 Å². The van der Waals surface area contributed by atoms with Crippen LogP contribution in [0.3, 0.4) is 0 Å². The van der Waals surface area contributed by atoms with Crippen molar-refractivity contribution >= 4 is 21.9 Å². The van der Waals surface area contributed by atoms with Crippen molar-refractivity contribution in [3.8, 4) is 22.4 Å². The van der Waals surface area contributed by atoms with Gasteiger partial charge in [-0.2, -0.15) is 0 Å². The maximum absolute atomic E-state index is 15.0. The van der Waals surface area contributed by atoms with Gasteiger partial charge in [-0.1, -0.05) is 68.5 Å². The third-order valence-corrected chi connectivity index (χ3v) is 7.03. The molecule has 3 aromatic carbocycles. The molecule has 33 heavy (non-hydrogen) atoms. The van der Waals surface area contributed by atoms with Gasteiger partial charge in [0.1, 0.15) is 17.0 Å². The highest BCUT2D eigenvalue weighted by molar-refractivity contribution is 6.10. The number of pyridine rings is 1. The Bertz CT molecular complexity index is 1430. The van der Waals surface area contributed by atoms with E-state index in [9.17, 15) is 4.39 Å². The van der Waals surface area contributed by atoms with Crippen LogP contribution in [0.25, 0.3) is 44.3 Å². The summed E-state index contributed by atoms with van der Waals surface area (Å²) in [6.45, 7) is 0. The molecule has 0 saturated heterocycles. The maximum Gasteiger partial charge on any atom is 0.147 e. The number of benzene rings is 3. The van der Waals surface area contributed by atoms with Crippen LogP contribution in [-0.2, 0) is 6.42 Å². The Morgan fingerprint density at radius 2 is 1.70 bits per heavy atom. The van der Waals surface area contributed by atoms with E-state index in [4.69, 9.17) is 4.42 Å². The van der Waals surface area contributed by atoms with E-state index >= 15 is 0 Å². The Morgan fingerprint density at radius 3 is 2.55 bits per heavy atom. The van der Waals surface area contributed by atoms with Gasteiger partial charge >= 0.3 is 0 Å². The normalized spacial score (nSPS) is 14.8. The molecule has 3 heteroatoms. The van der Waals surface area contributed by atoms with Gasteiger partial charge in [0.05, 0.1) is 11.1 Å². The lowest BCUT2D eigenvalue weighted by atomic mass is 9.85. The maximum atomic E-state index is 15.0. The molecule has 0 bridgehead atoms. The Labute approximate surface area is 193 Å². The summed E-state index contributed by atoms with van der Waals surface area (Å²) in [6.07, 6.45) is 9.62. The molecule has 1 aliphatic rings. The van der Waals surface area contributed by atoms with Gasteiger partial charge in [-0.15, -0.1) is 0 Å². The second-order valence-corrected chi connectivity index (χ2v) is 9.24. The predicted octanol–water partition coefficient (Wildman–Crippen LogP) is 8.58. The highest BCUT2D eigenvalue weighted by Crippen LogP contribution is 2.38. The minimum absolute atomic E-state index is 0.265. The van der Waals surface area contributed by atoms with E-state index in [1.807, 2.05) is 42.6 Å². The standard InChI is InChI=1S/C30H26FNO/c31-26-14-13-24(27-18-21(15-16-32-27)17-20-7-3-1-4-8-20)30-29(26)25-12-11-23(19-28(25)33-30)22-9-5-2-6-10-22/h2,5-6,9-16,18-20H,1,3-4,7-8,17H2. The summed E-state index contributed by atoms with van der Waals surface area (Å²) < 4.78 is 21.3. The Morgan fingerprint density at radius 1 is 0.848 bits per heavy atom. The lowest BCUT2D eigenvalue weighted by molar-refractivity contribution is 0.356. The lowest BCUT2D eigenvalue weighted by Gasteiger charge is -2.21. The lowest BCUT2D eigenvalue weighted by Crippen LogP contribution is -2.09. The monoisotopic (exact) mass is 435 g/mol. The third kappa shape index (κ3) is 3.82. The first-order valence-electron chi connectivity index (χ1n) is 11.9. The van der Waals surface area contributed by atoms with Crippen molar-refractivity contribution < 1.29 is 8.81 Å². The summed E-state index contributed by atoms with van der Waals surface area (Å²) in [5.74, 6) is 0.489.